The minimum atomic E-state index is -3.13. The van der Waals surface area contributed by atoms with E-state index in [2.05, 4.69) is 19.6 Å². The van der Waals surface area contributed by atoms with Crippen molar-refractivity contribution in [2.24, 2.45) is 0 Å². The zero-order valence-corrected chi connectivity index (χ0v) is 7.06. The molecule has 0 heterocycles. The Balaban J connectivity index is -0.0000000300. The van der Waals surface area contributed by atoms with Crippen LogP contribution in [0.5, 0.6) is 0 Å². The van der Waals surface area contributed by atoms with Crippen LogP contribution in [-0.2, 0) is 4.57 Å². The van der Waals surface area contributed by atoms with Crippen LogP contribution < -0.4 is 0 Å². The van der Waals surface area contributed by atoms with Crippen molar-refractivity contribution in [1.29, 1.82) is 0 Å². The second kappa shape index (κ2) is 22.5. The molecule has 4 N–H and O–H groups in total. The molecule has 0 aromatic rings. The second-order valence-corrected chi connectivity index (χ2v) is 2.02. The minimum absolute atomic E-state index is 0. The first-order chi connectivity index (χ1) is 3.65. The van der Waals surface area contributed by atoms with Crippen LogP contribution >= 0.6 is 20.9 Å². The summed E-state index contributed by atoms with van der Waals surface area (Å²) < 4.78 is 8.74. The Morgan fingerprint density at radius 1 is 1.50 bits per heavy atom. The van der Waals surface area contributed by atoms with Crippen LogP contribution in [0, 0.1) is 0 Å². The third-order valence-corrected chi connectivity index (χ3v) is 0.671. The first kappa shape index (κ1) is 22.7. The van der Waals surface area contributed by atoms with Crippen LogP contribution in [0.2, 0.25) is 0 Å². The van der Waals surface area contributed by atoms with Crippen molar-refractivity contribution in [2.75, 3.05) is 5.75 Å². The number of thiol groups is 1. The van der Waals surface area contributed by atoms with Gasteiger partial charge in [0, 0.05) is 0 Å². The van der Waals surface area contributed by atoms with Gasteiger partial charge >= 0.3 is 59.6 Å². The molecule has 0 aliphatic heterocycles. The summed E-state index contributed by atoms with van der Waals surface area (Å²) in [6.45, 7) is 2.10. The van der Waals surface area contributed by atoms with Gasteiger partial charge in [-0.25, -0.2) is 0 Å². The van der Waals surface area contributed by atoms with Crippen molar-refractivity contribution < 1.29 is 19.8 Å². The van der Waals surface area contributed by atoms with Gasteiger partial charge in [0.2, 0.25) is 0 Å². The van der Waals surface area contributed by atoms with Gasteiger partial charge in [-0.05, 0) is 12.2 Å². The van der Waals surface area contributed by atoms with Crippen molar-refractivity contribution >= 4 is 72.3 Å². The molecule has 0 rings (SSSR count). The molecule has 0 aromatic carbocycles. The molecule has 0 saturated heterocycles. The summed E-state index contributed by atoms with van der Waals surface area (Å²) in [7, 11) is -3.13. The molecule has 0 spiro atoms. The third kappa shape index (κ3) is 87.1. The maximum atomic E-state index is 8.74. The van der Waals surface area contributed by atoms with Gasteiger partial charge < -0.3 is 15.3 Å². The predicted molar refractivity (Wildman–Crippen MR) is 48.3 cm³/mol. The molecule has 0 aliphatic carbocycles. The van der Waals surface area contributed by atoms with Crippen LogP contribution in [-0.4, -0.2) is 72.4 Å². The standard InChI is InChI=1S/C3H8S.K.H3O3P.H2O.H/c1-2-3-4;;1-4(2)3;;/h4H,2-3H2,1H3;;4H,(H2,1,2,3);1H2;. The van der Waals surface area contributed by atoms with Crippen molar-refractivity contribution in [3.05, 3.63) is 0 Å². The third-order valence-electron chi connectivity index (χ3n) is 0.224. The molecule has 0 unspecified atom stereocenters. The van der Waals surface area contributed by atoms with E-state index in [4.69, 9.17) is 14.4 Å². The summed E-state index contributed by atoms with van der Waals surface area (Å²) in [4.78, 5) is 14.3. The zero-order valence-electron chi connectivity index (χ0n) is 5.16. The fourth-order valence-electron chi connectivity index (χ4n) is 0. The van der Waals surface area contributed by atoms with Crippen molar-refractivity contribution in [2.45, 2.75) is 13.3 Å². The van der Waals surface area contributed by atoms with Gasteiger partial charge in [0.1, 0.15) is 0 Å². The molecule has 0 aromatic heterocycles. The topological polar surface area (TPSA) is 89.0 Å². The molecule has 0 atom stereocenters. The van der Waals surface area contributed by atoms with E-state index in [1.54, 1.807) is 0 Å². The van der Waals surface area contributed by atoms with Crippen LogP contribution in [0.3, 0.4) is 0 Å². The van der Waals surface area contributed by atoms with Crippen LogP contribution in [0.25, 0.3) is 0 Å². The van der Waals surface area contributed by atoms with E-state index in [0.717, 1.165) is 5.75 Å². The molecule has 0 radical (unpaired) electrons. The maximum absolute atomic E-state index is 8.74. The Labute approximate surface area is 109 Å². The molecule has 4 nitrogen and oxygen atoms in total. The van der Waals surface area contributed by atoms with E-state index in [1.165, 1.54) is 6.42 Å². The van der Waals surface area contributed by atoms with E-state index in [0.29, 0.717) is 0 Å². The summed E-state index contributed by atoms with van der Waals surface area (Å²) in [5.41, 5.74) is 0. The summed E-state index contributed by atoms with van der Waals surface area (Å²) in [6, 6.07) is 0. The Morgan fingerprint density at radius 3 is 1.60 bits per heavy atom. The second-order valence-electron chi connectivity index (χ2n) is 1.01. The quantitative estimate of drug-likeness (QED) is 0.305. The van der Waals surface area contributed by atoms with E-state index in [1.807, 2.05) is 0 Å². The van der Waals surface area contributed by atoms with Gasteiger partial charge in [0.05, 0.1) is 0 Å². The molecule has 0 aliphatic rings. The van der Waals surface area contributed by atoms with Crippen LogP contribution in [0.4, 0.5) is 0 Å². The Bertz CT molecular complexity index is 58.5. The molecule has 62 valence electrons. The first-order valence-electron chi connectivity index (χ1n) is 2.17. The molecule has 0 saturated carbocycles. The molecule has 10 heavy (non-hydrogen) atoms. The first-order valence-corrected chi connectivity index (χ1v) is 4.11. The predicted octanol–water partition coefficient (Wildman–Crippen LogP) is -0.786. The molecule has 0 amide bonds. The SMILES string of the molecule is CCCS.O.O=[PH](O)O.[KH]. The molecule has 0 bridgehead atoms. The molecular formula is C3H14KO4PS. The Kier molecular flexibility index (Phi) is 51.0. The van der Waals surface area contributed by atoms with E-state index in [-0.39, 0.29) is 56.9 Å². The Morgan fingerprint density at radius 2 is 1.60 bits per heavy atom. The summed E-state index contributed by atoms with van der Waals surface area (Å²) in [5, 5.41) is 0. The molecular weight excluding hydrogens is 202 g/mol. The van der Waals surface area contributed by atoms with Gasteiger partial charge in [-0.2, -0.15) is 12.6 Å². The van der Waals surface area contributed by atoms with Gasteiger partial charge in [0.15, 0.2) is 0 Å². The number of hydrogen-bond acceptors (Lipinski definition) is 2. The van der Waals surface area contributed by atoms with E-state index < -0.39 is 8.25 Å². The van der Waals surface area contributed by atoms with Gasteiger partial charge in [-0.3, -0.25) is 4.57 Å². The van der Waals surface area contributed by atoms with Crippen molar-refractivity contribution in [3.63, 3.8) is 0 Å². The normalized spacial score (nSPS) is 6.50. The van der Waals surface area contributed by atoms with Crippen LogP contribution in [0.15, 0.2) is 0 Å². The van der Waals surface area contributed by atoms with Gasteiger partial charge in [-0.1, -0.05) is 6.92 Å². The van der Waals surface area contributed by atoms with Crippen molar-refractivity contribution in [3.8, 4) is 0 Å². The van der Waals surface area contributed by atoms with E-state index in [9.17, 15) is 0 Å². The van der Waals surface area contributed by atoms with Gasteiger partial charge in [-0.15, -0.1) is 0 Å². The Hall–Kier alpha value is 2.10. The average molecular weight is 216 g/mol. The summed E-state index contributed by atoms with van der Waals surface area (Å²) in [6.07, 6.45) is 1.18. The monoisotopic (exact) mass is 216 g/mol. The van der Waals surface area contributed by atoms with Crippen LogP contribution in [0.1, 0.15) is 13.3 Å². The summed E-state index contributed by atoms with van der Waals surface area (Å²) >= 11 is 3.92. The average Bonchev–Trinajstić information content (AvgIpc) is 1.65. The van der Waals surface area contributed by atoms with Crippen molar-refractivity contribution in [1.82, 2.24) is 0 Å². The fourth-order valence-corrected chi connectivity index (χ4v) is 0. The summed E-state index contributed by atoms with van der Waals surface area (Å²) in [5.74, 6) is 1.01. The van der Waals surface area contributed by atoms with E-state index >= 15 is 0 Å². The zero-order chi connectivity index (χ0) is 6.99. The number of rotatable bonds is 1. The molecule has 0 fully saturated rings. The van der Waals surface area contributed by atoms with Gasteiger partial charge in [0.25, 0.3) is 0 Å². The number of hydrogen-bond donors (Lipinski definition) is 3. The molecule has 7 heteroatoms. The fraction of sp³-hybridized carbons (Fsp3) is 1.00.